The predicted octanol–water partition coefficient (Wildman–Crippen LogP) is 5.44. The molecule has 1 unspecified atom stereocenters. The Morgan fingerprint density at radius 1 is 0.897 bits per heavy atom. The minimum Gasteiger partial charge on any atom is -0.494 e. The van der Waals surface area contributed by atoms with Crippen molar-refractivity contribution >= 4 is 16.7 Å². The van der Waals surface area contributed by atoms with Gasteiger partial charge in [-0.25, -0.2) is 9.19 Å². The molecule has 6 heteroatoms. The van der Waals surface area contributed by atoms with Gasteiger partial charge in [0.1, 0.15) is 16.7 Å². The van der Waals surface area contributed by atoms with Gasteiger partial charge in [-0.2, -0.15) is 0 Å². The first-order valence-corrected chi connectivity index (χ1v) is 11.4. The molecule has 0 saturated carbocycles. The molecule has 3 rings (SSSR count). The zero-order valence-corrected chi connectivity index (χ0v) is 17.5. The number of imidazole rings is 1. The lowest BCUT2D eigenvalue weighted by atomic mass is 10.1. The molecule has 0 aliphatic heterocycles. The Balaban J connectivity index is 1.24. The number of anilines is 1. The van der Waals surface area contributed by atoms with Crippen molar-refractivity contribution in [1.29, 1.82) is 0 Å². The molecule has 0 saturated heterocycles. The summed E-state index contributed by atoms with van der Waals surface area (Å²) >= 11 is 0. The van der Waals surface area contributed by atoms with E-state index in [1.54, 1.807) is 0 Å². The second-order valence-electron chi connectivity index (χ2n) is 6.98. The van der Waals surface area contributed by atoms with Gasteiger partial charge in [-0.15, -0.1) is 0 Å². The van der Waals surface area contributed by atoms with Gasteiger partial charge in [-0.3, -0.25) is 0 Å². The lowest BCUT2D eigenvalue weighted by molar-refractivity contribution is 0.304. The van der Waals surface area contributed by atoms with Crippen LogP contribution in [0.5, 0.6) is 5.75 Å². The smallest absolute Gasteiger partial charge is 0.150 e. The van der Waals surface area contributed by atoms with Crippen LogP contribution in [-0.4, -0.2) is 20.4 Å². The first-order chi connectivity index (χ1) is 14.3. The van der Waals surface area contributed by atoms with Crippen LogP contribution in [-0.2, 0) is 17.5 Å². The maximum Gasteiger partial charge on any atom is 0.150 e. The van der Waals surface area contributed by atoms with E-state index in [0.717, 1.165) is 35.9 Å². The number of hydrogen-bond donors (Lipinski definition) is 1. The first kappa shape index (κ1) is 21.1. The summed E-state index contributed by atoms with van der Waals surface area (Å²) in [5, 5.41) is 0. The molecular weight excluding hydrogens is 382 g/mol. The fraction of sp³-hybridized carbons (Fsp3) is 0.348. The Hall–Kier alpha value is -2.60. The molecule has 0 spiro atoms. The van der Waals surface area contributed by atoms with E-state index in [9.17, 15) is 4.21 Å². The maximum atomic E-state index is 12.3. The molecular formula is C23H29N3O2S. The second-order valence-corrected chi connectivity index (χ2v) is 8.19. The van der Waals surface area contributed by atoms with E-state index in [1.807, 2.05) is 73.3 Å². The summed E-state index contributed by atoms with van der Waals surface area (Å²) in [6.07, 6.45) is 13.0. The number of benzene rings is 2. The van der Waals surface area contributed by atoms with Gasteiger partial charge in [-0.1, -0.05) is 43.9 Å². The molecule has 29 heavy (non-hydrogen) atoms. The molecule has 154 valence electrons. The minimum absolute atomic E-state index is 0.734. The van der Waals surface area contributed by atoms with E-state index >= 15 is 0 Å². The molecule has 0 fully saturated rings. The maximum absolute atomic E-state index is 12.3. The van der Waals surface area contributed by atoms with Crippen molar-refractivity contribution in [3.63, 3.8) is 0 Å². The molecule has 2 aromatic carbocycles. The van der Waals surface area contributed by atoms with Crippen molar-refractivity contribution in [1.82, 2.24) is 9.55 Å². The summed E-state index contributed by atoms with van der Waals surface area (Å²) in [5.41, 5.74) is 0.815. The van der Waals surface area contributed by atoms with E-state index < -0.39 is 11.0 Å². The molecule has 0 amide bonds. The van der Waals surface area contributed by atoms with E-state index in [4.69, 9.17) is 4.74 Å². The van der Waals surface area contributed by atoms with Crippen molar-refractivity contribution in [2.75, 3.05) is 11.3 Å². The van der Waals surface area contributed by atoms with Gasteiger partial charge in [0.15, 0.2) is 0 Å². The van der Waals surface area contributed by atoms with Crippen molar-refractivity contribution in [2.24, 2.45) is 0 Å². The molecule has 1 aromatic heterocycles. The highest BCUT2D eigenvalue weighted by Crippen LogP contribution is 2.18. The third-order valence-electron chi connectivity index (χ3n) is 4.66. The highest BCUT2D eigenvalue weighted by Gasteiger charge is 2.03. The Labute approximate surface area is 175 Å². The molecule has 1 heterocycles. The van der Waals surface area contributed by atoms with Crippen LogP contribution < -0.4 is 9.46 Å². The number of nitrogens with zero attached hydrogens (tertiary/aromatic N) is 2. The quantitative estimate of drug-likeness (QED) is 0.381. The summed E-state index contributed by atoms with van der Waals surface area (Å²) in [5.74, 6) is 0.848. The number of hydrogen-bond acceptors (Lipinski definition) is 3. The molecule has 5 nitrogen and oxygen atoms in total. The van der Waals surface area contributed by atoms with Crippen LogP contribution in [0.2, 0.25) is 0 Å². The van der Waals surface area contributed by atoms with Gasteiger partial charge < -0.3 is 14.0 Å². The Morgan fingerprint density at radius 3 is 2.34 bits per heavy atom. The Bertz CT molecular complexity index is 836. The third-order valence-corrected chi connectivity index (χ3v) is 5.78. The standard InChI is InChI=1S/C23H29N3O2S/c27-29(23-10-6-5-7-11-23)25-21-12-14-22(15-13-21)28-19-9-4-2-1-3-8-17-26-18-16-24-20-26/h5-7,10-16,18,20,25H,1-4,8-9,17,19H2. The molecule has 3 aromatic rings. The highest BCUT2D eigenvalue weighted by atomic mass is 32.2. The lowest BCUT2D eigenvalue weighted by Crippen LogP contribution is -2.04. The minimum atomic E-state index is -1.26. The van der Waals surface area contributed by atoms with Crippen LogP contribution in [0, 0.1) is 0 Å². The van der Waals surface area contributed by atoms with Gasteiger partial charge in [0.2, 0.25) is 0 Å². The third kappa shape index (κ3) is 7.74. The van der Waals surface area contributed by atoms with Crippen LogP contribution in [0.1, 0.15) is 38.5 Å². The number of aryl methyl sites for hydroxylation is 1. The Morgan fingerprint density at radius 2 is 1.62 bits per heavy atom. The number of unbranched alkanes of at least 4 members (excludes halogenated alkanes) is 5. The summed E-state index contributed by atoms with van der Waals surface area (Å²) < 4.78 is 23.2. The summed E-state index contributed by atoms with van der Waals surface area (Å²) in [6, 6.07) is 17.0. The van der Waals surface area contributed by atoms with Gasteiger partial charge in [0, 0.05) is 24.6 Å². The van der Waals surface area contributed by atoms with Crippen molar-refractivity contribution < 1.29 is 8.95 Å². The number of rotatable bonds is 13. The van der Waals surface area contributed by atoms with Crippen LogP contribution in [0.25, 0.3) is 0 Å². The Kier molecular flexibility index (Phi) is 8.79. The lowest BCUT2D eigenvalue weighted by Gasteiger charge is -2.09. The van der Waals surface area contributed by atoms with Crippen LogP contribution in [0.15, 0.2) is 78.2 Å². The summed E-state index contributed by atoms with van der Waals surface area (Å²) in [4.78, 5) is 4.82. The molecule has 1 atom stereocenters. The fourth-order valence-electron chi connectivity index (χ4n) is 3.04. The first-order valence-electron chi connectivity index (χ1n) is 10.2. The van der Waals surface area contributed by atoms with Crippen LogP contribution in [0.3, 0.4) is 0 Å². The topological polar surface area (TPSA) is 56.1 Å². The SMILES string of the molecule is O=S(Nc1ccc(OCCCCCCCCn2ccnc2)cc1)c1ccccc1. The molecule has 0 aliphatic carbocycles. The highest BCUT2D eigenvalue weighted by molar-refractivity contribution is 7.86. The average Bonchev–Trinajstić information content (AvgIpc) is 3.28. The zero-order chi connectivity index (χ0) is 20.2. The van der Waals surface area contributed by atoms with Crippen molar-refractivity contribution in [3.8, 4) is 5.75 Å². The van der Waals surface area contributed by atoms with E-state index in [-0.39, 0.29) is 0 Å². The molecule has 0 radical (unpaired) electrons. The number of aromatic nitrogens is 2. The monoisotopic (exact) mass is 411 g/mol. The average molecular weight is 412 g/mol. The van der Waals surface area contributed by atoms with Crippen LogP contribution in [0.4, 0.5) is 5.69 Å². The van der Waals surface area contributed by atoms with E-state index in [1.165, 1.54) is 32.1 Å². The summed E-state index contributed by atoms with van der Waals surface area (Å²) in [7, 11) is -1.26. The van der Waals surface area contributed by atoms with E-state index in [0.29, 0.717) is 0 Å². The largest absolute Gasteiger partial charge is 0.494 e. The van der Waals surface area contributed by atoms with Gasteiger partial charge >= 0.3 is 0 Å². The van der Waals surface area contributed by atoms with Gasteiger partial charge in [-0.05, 0) is 49.2 Å². The zero-order valence-electron chi connectivity index (χ0n) is 16.7. The molecule has 1 N–H and O–H groups in total. The van der Waals surface area contributed by atoms with Crippen molar-refractivity contribution in [3.05, 3.63) is 73.3 Å². The van der Waals surface area contributed by atoms with E-state index in [2.05, 4.69) is 14.3 Å². The van der Waals surface area contributed by atoms with Crippen molar-refractivity contribution in [2.45, 2.75) is 50.0 Å². The number of ether oxygens (including phenoxy) is 1. The normalized spacial score (nSPS) is 11.9. The van der Waals surface area contributed by atoms with Crippen LogP contribution >= 0.6 is 0 Å². The fourth-order valence-corrected chi connectivity index (χ4v) is 3.91. The molecule has 0 bridgehead atoms. The second kappa shape index (κ2) is 12.1. The van der Waals surface area contributed by atoms with Gasteiger partial charge in [0.25, 0.3) is 0 Å². The molecule has 0 aliphatic rings. The van der Waals surface area contributed by atoms with Gasteiger partial charge in [0.05, 0.1) is 17.8 Å². The number of nitrogens with one attached hydrogen (secondary N) is 1. The summed E-state index contributed by atoms with van der Waals surface area (Å²) in [6.45, 7) is 1.80. The predicted molar refractivity (Wildman–Crippen MR) is 118 cm³/mol.